The minimum atomic E-state index is -0.436. The van der Waals surface area contributed by atoms with Gasteiger partial charge in [0.25, 0.3) is 11.4 Å². The first-order valence-electron chi connectivity index (χ1n) is 20.1. The molecule has 0 radical (unpaired) electrons. The molecular formula is C43H56N2O10. The Morgan fingerprint density at radius 2 is 1.33 bits per heavy atom. The molecular weight excluding hydrogens is 704 g/mol. The number of nitro groups is 2. The van der Waals surface area contributed by atoms with Crippen molar-refractivity contribution in [1.82, 2.24) is 0 Å². The molecule has 4 fully saturated rings. The molecule has 0 saturated heterocycles. The van der Waals surface area contributed by atoms with E-state index in [0.717, 1.165) is 68.9 Å². The summed E-state index contributed by atoms with van der Waals surface area (Å²) in [7, 11) is 1.42. The summed E-state index contributed by atoms with van der Waals surface area (Å²) >= 11 is 0. The van der Waals surface area contributed by atoms with Crippen LogP contribution in [-0.2, 0) is 41.4 Å². The number of hydrogen-bond donors (Lipinski definition) is 0. The Bertz CT molecular complexity index is 1730. The van der Waals surface area contributed by atoms with Crippen molar-refractivity contribution >= 4 is 29.3 Å². The Hall–Kier alpha value is -4.35. The van der Waals surface area contributed by atoms with Crippen LogP contribution in [-0.4, -0.2) is 47.1 Å². The van der Waals surface area contributed by atoms with Gasteiger partial charge >= 0.3 is 17.9 Å². The van der Waals surface area contributed by atoms with Crippen LogP contribution in [0.1, 0.15) is 109 Å². The first-order chi connectivity index (χ1) is 26.2. The fourth-order valence-corrected chi connectivity index (χ4v) is 11.6. The van der Waals surface area contributed by atoms with Crippen molar-refractivity contribution in [3.05, 3.63) is 79.9 Å². The van der Waals surface area contributed by atoms with Gasteiger partial charge in [-0.1, -0.05) is 45.0 Å². The van der Waals surface area contributed by atoms with Crippen LogP contribution in [0.2, 0.25) is 0 Å². The van der Waals surface area contributed by atoms with Gasteiger partial charge in [-0.2, -0.15) is 0 Å². The maximum absolute atomic E-state index is 13.7. The topological polar surface area (TPSA) is 165 Å². The predicted octanol–water partition coefficient (Wildman–Crippen LogP) is 8.75. The molecule has 55 heavy (non-hydrogen) atoms. The van der Waals surface area contributed by atoms with E-state index in [0.29, 0.717) is 48.9 Å². The molecule has 0 spiro atoms. The van der Waals surface area contributed by atoms with Crippen LogP contribution < -0.4 is 0 Å². The van der Waals surface area contributed by atoms with Gasteiger partial charge in [0.1, 0.15) is 12.2 Å². The van der Waals surface area contributed by atoms with Crippen molar-refractivity contribution in [2.75, 3.05) is 7.11 Å². The van der Waals surface area contributed by atoms with Crippen LogP contribution in [0.4, 0.5) is 11.4 Å². The third-order valence-corrected chi connectivity index (χ3v) is 14.6. The summed E-state index contributed by atoms with van der Waals surface area (Å²) in [4.78, 5) is 60.1. The van der Waals surface area contributed by atoms with E-state index in [9.17, 15) is 34.6 Å². The average molecular weight is 761 g/mol. The minimum absolute atomic E-state index is 0.0156. The Labute approximate surface area is 323 Å². The van der Waals surface area contributed by atoms with Gasteiger partial charge in [0.05, 0.1) is 17.0 Å². The average Bonchev–Trinajstić information content (AvgIpc) is 3.54. The lowest BCUT2D eigenvalue weighted by Gasteiger charge is -2.62. The minimum Gasteiger partial charge on any atom is -0.469 e. The van der Waals surface area contributed by atoms with Gasteiger partial charge in [0, 0.05) is 48.9 Å². The molecule has 4 aliphatic rings. The number of methoxy groups -OCH3 is 1. The highest BCUT2D eigenvalue weighted by Gasteiger charge is 2.65. The second kappa shape index (κ2) is 16.8. The summed E-state index contributed by atoms with van der Waals surface area (Å²) in [6.45, 7) is 6.99. The van der Waals surface area contributed by atoms with Crippen LogP contribution in [0.5, 0.6) is 0 Å². The molecule has 0 aromatic heterocycles. The number of esters is 3. The van der Waals surface area contributed by atoms with E-state index in [1.54, 1.807) is 24.3 Å². The highest BCUT2D eigenvalue weighted by Crippen LogP contribution is 2.69. The van der Waals surface area contributed by atoms with Gasteiger partial charge in [-0.05, 0) is 123 Å². The van der Waals surface area contributed by atoms with Crippen molar-refractivity contribution in [1.29, 1.82) is 0 Å². The third kappa shape index (κ3) is 8.58. The normalized spacial score (nSPS) is 31.5. The third-order valence-electron chi connectivity index (χ3n) is 14.6. The van der Waals surface area contributed by atoms with E-state index in [1.807, 2.05) is 0 Å². The molecule has 10 atom stereocenters. The van der Waals surface area contributed by atoms with Crippen molar-refractivity contribution < 1.29 is 38.4 Å². The van der Waals surface area contributed by atoms with Gasteiger partial charge < -0.3 is 14.2 Å². The molecule has 298 valence electrons. The zero-order chi connectivity index (χ0) is 39.5. The van der Waals surface area contributed by atoms with E-state index in [2.05, 4.69) is 20.8 Å². The number of carbonyl (C=O) groups is 3. The number of nitro benzene ring substituents is 2. The van der Waals surface area contributed by atoms with E-state index < -0.39 is 9.85 Å². The summed E-state index contributed by atoms with van der Waals surface area (Å²) in [6, 6.07) is 12.6. The Kier molecular flexibility index (Phi) is 12.3. The monoisotopic (exact) mass is 760 g/mol. The summed E-state index contributed by atoms with van der Waals surface area (Å²) in [5, 5.41) is 22.1. The number of fused-ring (bicyclic) bond motifs is 5. The fourth-order valence-electron chi connectivity index (χ4n) is 11.6. The highest BCUT2D eigenvalue weighted by molar-refractivity contribution is 5.70. The molecule has 2 aromatic carbocycles. The number of non-ortho nitro benzene ring substituents is 2. The summed E-state index contributed by atoms with van der Waals surface area (Å²) in [5.74, 6) is 1.48. The largest absolute Gasteiger partial charge is 0.469 e. The zero-order valence-electron chi connectivity index (χ0n) is 32.6. The van der Waals surface area contributed by atoms with Gasteiger partial charge in [0.2, 0.25) is 0 Å². The molecule has 0 unspecified atom stereocenters. The number of aryl methyl sites for hydroxylation is 2. The predicted molar refractivity (Wildman–Crippen MR) is 204 cm³/mol. The smallest absolute Gasteiger partial charge is 0.306 e. The molecule has 0 amide bonds. The van der Waals surface area contributed by atoms with Crippen molar-refractivity contribution in [2.45, 2.75) is 123 Å². The lowest BCUT2D eigenvalue weighted by Crippen LogP contribution is -2.59. The van der Waals surface area contributed by atoms with E-state index in [-0.39, 0.29) is 71.1 Å². The first kappa shape index (κ1) is 40.3. The van der Waals surface area contributed by atoms with Crippen LogP contribution in [0, 0.1) is 66.6 Å². The second-order valence-corrected chi connectivity index (χ2v) is 17.2. The summed E-state index contributed by atoms with van der Waals surface area (Å²) in [5.41, 5.74) is 1.52. The van der Waals surface area contributed by atoms with E-state index in [1.165, 1.54) is 31.4 Å². The number of ether oxygens (including phenoxy) is 3. The number of carbonyl (C=O) groups excluding carboxylic acids is 3. The molecule has 4 aliphatic carbocycles. The molecule has 0 heterocycles. The standard InChI is InChI=1S/C43H56N2O10/c1-27(5-20-39(46)53-4)35-18-19-36-34-17-12-30-25-33(54-40(47)21-10-28-6-13-31(14-7-28)44(49)50)23-24-42(30,2)37(34)26-38(43(35,36)3)55-41(48)22-11-29-8-15-32(16-9-29)45(51)52/h6-9,13-16,27,30,33-38H,5,10-12,17-26H2,1-4H3/t27-,30-,33-,34+,35-,36+,37+,38+,42+,43-/m1/s1. The second-order valence-electron chi connectivity index (χ2n) is 17.2. The first-order valence-corrected chi connectivity index (χ1v) is 20.1. The Morgan fingerprint density at radius 3 is 1.89 bits per heavy atom. The van der Waals surface area contributed by atoms with Crippen molar-refractivity contribution in [3.8, 4) is 0 Å². The van der Waals surface area contributed by atoms with Gasteiger partial charge in [-0.15, -0.1) is 0 Å². The zero-order valence-corrected chi connectivity index (χ0v) is 32.6. The quantitative estimate of drug-likeness (QED) is 0.0787. The van der Waals surface area contributed by atoms with E-state index in [4.69, 9.17) is 14.2 Å². The molecule has 12 nitrogen and oxygen atoms in total. The lowest BCUT2D eigenvalue weighted by molar-refractivity contribution is -0.385. The number of rotatable bonds is 14. The molecule has 0 N–H and O–H groups in total. The number of hydrogen-bond acceptors (Lipinski definition) is 10. The molecule has 2 aromatic rings. The molecule has 4 saturated carbocycles. The Morgan fingerprint density at radius 1 is 0.745 bits per heavy atom. The van der Waals surface area contributed by atoms with Crippen molar-refractivity contribution in [2.24, 2.45) is 46.3 Å². The maximum Gasteiger partial charge on any atom is 0.306 e. The summed E-state index contributed by atoms with van der Waals surface area (Å²) in [6.07, 6.45) is 9.55. The SMILES string of the molecule is COC(=O)CC[C@@H](C)[C@H]1CC[C@H]2[C@@H]3CC[C@@H]4C[C@H](OC(=O)CCc5ccc([N+](=O)[O-])cc5)CC[C@]4(C)[C@H]3C[C@H](OC(=O)CCc3ccc([N+](=O)[O-])cc3)[C@]12C. The molecule has 12 heteroatoms. The van der Waals surface area contributed by atoms with Crippen LogP contribution in [0.15, 0.2) is 48.5 Å². The van der Waals surface area contributed by atoms with Crippen LogP contribution in [0.25, 0.3) is 0 Å². The van der Waals surface area contributed by atoms with Gasteiger partial charge in [-0.25, -0.2) is 0 Å². The van der Waals surface area contributed by atoms with Crippen molar-refractivity contribution in [3.63, 3.8) is 0 Å². The highest BCUT2D eigenvalue weighted by atomic mass is 16.6. The molecule has 0 aliphatic heterocycles. The maximum atomic E-state index is 13.7. The van der Waals surface area contributed by atoms with Gasteiger partial charge in [-0.3, -0.25) is 34.6 Å². The molecule has 6 rings (SSSR count). The summed E-state index contributed by atoms with van der Waals surface area (Å²) < 4.78 is 17.6. The lowest BCUT2D eigenvalue weighted by atomic mass is 9.43. The molecule has 0 bridgehead atoms. The van der Waals surface area contributed by atoms with E-state index >= 15 is 0 Å². The van der Waals surface area contributed by atoms with Crippen LogP contribution in [0.3, 0.4) is 0 Å². The number of nitrogens with zero attached hydrogens (tertiary/aromatic N) is 2. The Balaban J connectivity index is 1.14. The van der Waals surface area contributed by atoms with Crippen LogP contribution >= 0.6 is 0 Å². The van der Waals surface area contributed by atoms with Gasteiger partial charge in [0.15, 0.2) is 0 Å². The number of benzene rings is 2. The fraction of sp³-hybridized carbons (Fsp3) is 0.651.